The number of allylic oxidation sites excluding steroid dienone is 3. The Morgan fingerprint density at radius 2 is 2.11 bits per heavy atom. The van der Waals surface area contributed by atoms with Gasteiger partial charge in [0.15, 0.2) is 11.5 Å². The Hall–Kier alpha value is -3.56. The molecule has 2 bridgehead atoms. The second kappa shape index (κ2) is 8.83. The molecule has 2 N–H and O–H groups in total. The van der Waals surface area contributed by atoms with Gasteiger partial charge >= 0.3 is 0 Å². The fraction of sp³-hybridized carbons (Fsp3) is 0.407. The zero-order valence-corrected chi connectivity index (χ0v) is 20.7. The van der Waals surface area contributed by atoms with Crippen LogP contribution in [-0.2, 0) is 12.1 Å². The number of hydrogen-bond donors (Lipinski definition) is 2. The molecule has 6 rings (SSSR count). The number of rotatable bonds is 2. The molecule has 2 aliphatic heterocycles. The standard InChI is InChI=1S/C27H31N7O2/c1-27(36)12-4-3-5-13-33-25(35)21-16-28-26(31-24(21)34(33)23-8-6-7-22(27)30-23)29-20-10-9-18-11-14-32(2)17-19(18)15-20/h3,5-10,16,20,36H,4,11-15,17H2,1-2H3,(H,28,29,31)/b5-3-/t20?,27-/m0/s1. The molecule has 2 atom stereocenters. The van der Waals surface area contributed by atoms with Crippen molar-refractivity contribution in [3.63, 3.8) is 0 Å². The molecule has 3 aromatic rings. The van der Waals surface area contributed by atoms with Crippen LogP contribution in [0.2, 0.25) is 0 Å². The van der Waals surface area contributed by atoms with Crippen LogP contribution >= 0.6 is 0 Å². The van der Waals surface area contributed by atoms with Crippen molar-refractivity contribution >= 4 is 17.0 Å². The number of nitrogens with zero attached hydrogens (tertiary/aromatic N) is 6. The van der Waals surface area contributed by atoms with Gasteiger partial charge in [-0.2, -0.15) is 4.98 Å². The summed E-state index contributed by atoms with van der Waals surface area (Å²) < 4.78 is 3.37. The summed E-state index contributed by atoms with van der Waals surface area (Å²) in [4.78, 5) is 29.7. The van der Waals surface area contributed by atoms with E-state index in [1.807, 2.05) is 30.4 Å². The molecule has 0 saturated heterocycles. The average molecular weight is 486 g/mol. The molecule has 3 aliphatic rings. The molecule has 0 saturated carbocycles. The highest BCUT2D eigenvalue weighted by atomic mass is 16.3. The molecule has 9 heteroatoms. The summed E-state index contributed by atoms with van der Waals surface area (Å²) in [5.41, 5.74) is 2.72. The van der Waals surface area contributed by atoms with Crippen molar-refractivity contribution in [3.05, 3.63) is 75.9 Å². The van der Waals surface area contributed by atoms with Crippen molar-refractivity contribution in [2.24, 2.45) is 0 Å². The van der Waals surface area contributed by atoms with Crippen molar-refractivity contribution in [2.75, 3.05) is 25.5 Å². The van der Waals surface area contributed by atoms with Gasteiger partial charge in [0.2, 0.25) is 5.95 Å². The summed E-state index contributed by atoms with van der Waals surface area (Å²) in [6.07, 6.45) is 13.2. The molecule has 0 fully saturated rings. The van der Waals surface area contributed by atoms with Crippen LogP contribution < -0.4 is 10.9 Å². The predicted molar refractivity (Wildman–Crippen MR) is 139 cm³/mol. The maximum atomic E-state index is 13.3. The van der Waals surface area contributed by atoms with E-state index in [1.165, 1.54) is 11.1 Å². The molecule has 186 valence electrons. The SMILES string of the molecule is CN1CCC2=C(CC(Nc3ncc4c(=O)n5n(c4n3)-c3cccc(n3)[C@@](C)(O)CC/C=C\C5)C=C2)C1. The summed E-state index contributed by atoms with van der Waals surface area (Å²) >= 11 is 0. The molecule has 1 aliphatic carbocycles. The van der Waals surface area contributed by atoms with E-state index in [2.05, 4.69) is 34.4 Å². The lowest BCUT2D eigenvalue weighted by molar-refractivity contribution is 0.0443. The minimum absolute atomic E-state index is 0.0866. The highest BCUT2D eigenvalue weighted by Crippen LogP contribution is 2.29. The molecule has 0 aromatic carbocycles. The maximum absolute atomic E-state index is 13.3. The third-order valence-electron chi connectivity index (χ3n) is 7.41. The van der Waals surface area contributed by atoms with E-state index in [0.29, 0.717) is 47.9 Å². The Labute approximate surface area is 209 Å². The van der Waals surface area contributed by atoms with Crippen LogP contribution in [0.4, 0.5) is 5.95 Å². The van der Waals surface area contributed by atoms with E-state index in [0.717, 1.165) is 25.9 Å². The summed E-state index contributed by atoms with van der Waals surface area (Å²) in [6.45, 7) is 4.23. The number of hydrogen-bond acceptors (Lipinski definition) is 7. The third kappa shape index (κ3) is 4.08. The highest BCUT2D eigenvalue weighted by Gasteiger charge is 2.27. The van der Waals surface area contributed by atoms with Gasteiger partial charge < -0.3 is 15.3 Å². The van der Waals surface area contributed by atoms with Crippen molar-refractivity contribution in [1.82, 2.24) is 29.2 Å². The van der Waals surface area contributed by atoms with Crippen molar-refractivity contribution in [3.8, 4) is 5.82 Å². The van der Waals surface area contributed by atoms with E-state index >= 15 is 0 Å². The Morgan fingerprint density at radius 3 is 3.00 bits per heavy atom. The van der Waals surface area contributed by atoms with E-state index in [4.69, 9.17) is 9.97 Å². The van der Waals surface area contributed by atoms with Crippen LogP contribution in [0.5, 0.6) is 0 Å². The lowest BCUT2D eigenvalue weighted by atomic mass is 9.90. The fourth-order valence-electron chi connectivity index (χ4n) is 5.34. The molecule has 36 heavy (non-hydrogen) atoms. The first-order valence-corrected chi connectivity index (χ1v) is 12.6. The number of nitrogens with one attached hydrogen (secondary N) is 1. The van der Waals surface area contributed by atoms with Gasteiger partial charge in [0.1, 0.15) is 11.0 Å². The van der Waals surface area contributed by atoms with Gasteiger partial charge in [-0.25, -0.2) is 19.3 Å². The van der Waals surface area contributed by atoms with Gasteiger partial charge in [0, 0.05) is 19.3 Å². The number of anilines is 1. The molecule has 3 aromatic heterocycles. The maximum Gasteiger partial charge on any atom is 0.278 e. The summed E-state index contributed by atoms with van der Waals surface area (Å²) in [7, 11) is 2.16. The molecule has 0 amide bonds. The first-order chi connectivity index (χ1) is 17.4. The van der Waals surface area contributed by atoms with Crippen molar-refractivity contribution < 1.29 is 5.11 Å². The van der Waals surface area contributed by atoms with Crippen LogP contribution in [0.15, 0.2) is 64.6 Å². The van der Waals surface area contributed by atoms with Gasteiger partial charge in [-0.3, -0.25) is 4.79 Å². The lowest BCUT2D eigenvalue weighted by Gasteiger charge is -2.31. The Morgan fingerprint density at radius 1 is 1.22 bits per heavy atom. The average Bonchev–Trinajstić information content (AvgIpc) is 3.13. The van der Waals surface area contributed by atoms with Gasteiger partial charge in [0.05, 0.1) is 18.3 Å². The predicted octanol–water partition coefficient (Wildman–Crippen LogP) is 2.91. The molecule has 5 heterocycles. The van der Waals surface area contributed by atoms with E-state index in [1.54, 1.807) is 22.5 Å². The normalized spacial score (nSPS) is 25.2. The number of aromatic nitrogens is 5. The number of fused-ring (bicyclic) bond motifs is 6. The summed E-state index contributed by atoms with van der Waals surface area (Å²) in [6, 6.07) is 5.60. The van der Waals surface area contributed by atoms with Gasteiger partial charge in [-0.15, -0.1) is 0 Å². The van der Waals surface area contributed by atoms with Gasteiger partial charge in [-0.05, 0) is 57.4 Å². The second-order valence-corrected chi connectivity index (χ2v) is 10.2. The monoisotopic (exact) mass is 485 g/mol. The van der Waals surface area contributed by atoms with Gasteiger partial charge in [-0.1, -0.05) is 35.9 Å². The van der Waals surface area contributed by atoms with Crippen LogP contribution in [0.3, 0.4) is 0 Å². The summed E-state index contributed by atoms with van der Waals surface area (Å²) in [5.74, 6) is 1.01. The van der Waals surface area contributed by atoms with Gasteiger partial charge in [0.25, 0.3) is 5.56 Å². The molecule has 0 radical (unpaired) electrons. The first kappa shape index (κ1) is 22.9. The molecule has 1 unspecified atom stereocenters. The van der Waals surface area contributed by atoms with Crippen LogP contribution in [0.25, 0.3) is 16.9 Å². The van der Waals surface area contributed by atoms with E-state index < -0.39 is 5.60 Å². The van der Waals surface area contributed by atoms with Crippen LogP contribution in [0, 0.1) is 0 Å². The Bertz CT molecular complexity index is 1480. The lowest BCUT2D eigenvalue weighted by Crippen LogP contribution is -2.32. The van der Waals surface area contributed by atoms with Crippen molar-refractivity contribution in [2.45, 2.75) is 50.8 Å². The Balaban J connectivity index is 1.40. The van der Waals surface area contributed by atoms with E-state index in [-0.39, 0.29) is 11.6 Å². The topological polar surface area (TPSA) is 101 Å². The zero-order valence-electron chi connectivity index (χ0n) is 20.7. The second-order valence-electron chi connectivity index (χ2n) is 10.2. The number of likely N-dealkylation sites (N-methyl/N-ethyl adjacent to an activating group) is 1. The fourth-order valence-corrected chi connectivity index (χ4v) is 5.34. The quantitative estimate of drug-likeness (QED) is 0.538. The third-order valence-corrected chi connectivity index (χ3v) is 7.41. The van der Waals surface area contributed by atoms with Crippen LogP contribution in [-0.4, -0.2) is 60.5 Å². The first-order valence-electron chi connectivity index (χ1n) is 12.6. The number of aliphatic hydroxyl groups is 1. The van der Waals surface area contributed by atoms with Crippen LogP contribution in [0.1, 0.15) is 38.3 Å². The zero-order chi connectivity index (χ0) is 24.9. The highest BCUT2D eigenvalue weighted by molar-refractivity contribution is 5.76. The molecular formula is C27H31N7O2. The minimum atomic E-state index is -1.07. The number of pyridine rings is 1. The molecule has 9 nitrogen and oxygen atoms in total. The molecular weight excluding hydrogens is 454 g/mol. The Kier molecular flexibility index (Phi) is 5.61. The van der Waals surface area contributed by atoms with E-state index in [9.17, 15) is 9.90 Å². The largest absolute Gasteiger partial charge is 0.384 e. The molecule has 0 spiro atoms. The smallest absolute Gasteiger partial charge is 0.278 e. The minimum Gasteiger partial charge on any atom is -0.384 e. The van der Waals surface area contributed by atoms with Crippen molar-refractivity contribution in [1.29, 1.82) is 0 Å². The summed E-state index contributed by atoms with van der Waals surface area (Å²) in [5, 5.41) is 14.9.